The fourth-order valence-corrected chi connectivity index (χ4v) is 5.58. The third-order valence-corrected chi connectivity index (χ3v) is 7.13. The van der Waals surface area contributed by atoms with Crippen molar-refractivity contribution in [2.24, 2.45) is 17.8 Å². The van der Waals surface area contributed by atoms with Gasteiger partial charge >= 0.3 is 5.97 Å². The highest BCUT2D eigenvalue weighted by atomic mass is 16.5. The number of ether oxygens (including phenoxy) is 1. The number of rotatable bonds is 6. The van der Waals surface area contributed by atoms with Gasteiger partial charge in [-0.2, -0.15) is 0 Å². The molecule has 2 aromatic carbocycles. The van der Waals surface area contributed by atoms with Crippen LogP contribution in [0.1, 0.15) is 49.7 Å². The van der Waals surface area contributed by atoms with Crippen molar-refractivity contribution in [3.05, 3.63) is 65.7 Å². The van der Waals surface area contributed by atoms with Crippen molar-refractivity contribution in [2.75, 3.05) is 20.6 Å². The molecular weight excluding hydrogens is 374 g/mol. The third kappa shape index (κ3) is 4.17. The normalized spacial score (nSPS) is 29.0. The van der Waals surface area contributed by atoms with Crippen LogP contribution in [0.5, 0.6) is 5.75 Å². The highest BCUT2D eigenvalue weighted by molar-refractivity contribution is 5.79. The van der Waals surface area contributed by atoms with E-state index in [2.05, 4.69) is 19.0 Å². The van der Waals surface area contributed by atoms with Gasteiger partial charge in [-0.1, -0.05) is 48.9 Å². The molecule has 0 aromatic heterocycles. The maximum absolute atomic E-state index is 12.7. The topological polar surface area (TPSA) is 49.8 Å². The van der Waals surface area contributed by atoms with Crippen LogP contribution in [-0.2, 0) is 10.4 Å². The Balaban J connectivity index is 1.57. The summed E-state index contributed by atoms with van der Waals surface area (Å²) >= 11 is 0. The van der Waals surface area contributed by atoms with E-state index in [0.29, 0.717) is 17.6 Å². The van der Waals surface area contributed by atoms with Crippen molar-refractivity contribution in [3.63, 3.8) is 0 Å². The Morgan fingerprint density at radius 2 is 1.93 bits per heavy atom. The molecule has 2 saturated carbocycles. The van der Waals surface area contributed by atoms with Crippen LogP contribution in [0.15, 0.2) is 54.6 Å². The molecule has 2 fully saturated rings. The molecule has 4 nitrogen and oxygen atoms in total. The fraction of sp³-hybridized carbons (Fsp3) is 0.500. The summed E-state index contributed by atoms with van der Waals surface area (Å²) in [4.78, 5) is 14.9. The number of carbonyl (C=O) groups excluding carboxylic acids is 1. The van der Waals surface area contributed by atoms with E-state index in [4.69, 9.17) is 4.74 Å². The molecule has 4 heteroatoms. The molecule has 2 aliphatic rings. The van der Waals surface area contributed by atoms with Gasteiger partial charge in [-0.3, -0.25) is 4.79 Å². The van der Waals surface area contributed by atoms with Crippen LogP contribution < -0.4 is 4.74 Å². The van der Waals surface area contributed by atoms with Crippen LogP contribution in [-0.4, -0.2) is 36.6 Å². The van der Waals surface area contributed by atoms with Gasteiger partial charge < -0.3 is 14.7 Å². The van der Waals surface area contributed by atoms with E-state index >= 15 is 0 Å². The summed E-state index contributed by atoms with van der Waals surface area (Å²) in [5.74, 6) is 1.22. The Bertz CT molecular complexity index is 881. The third-order valence-electron chi connectivity index (χ3n) is 7.13. The minimum atomic E-state index is -0.873. The molecule has 2 bridgehead atoms. The minimum Gasteiger partial charge on any atom is -0.426 e. The van der Waals surface area contributed by atoms with Gasteiger partial charge in [0.05, 0.1) is 11.5 Å². The molecule has 4 rings (SSSR count). The predicted molar refractivity (Wildman–Crippen MR) is 118 cm³/mol. The lowest BCUT2D eigenvalue weighted by molar-refractivity contribution is -0.135. The smallest absolute Gasteiger partial charge is 0.318 e. The standard InChI is InChI=1S/C26H33NO3/c1-18(20-8-5-4-6-9-20)25(28)30-23-11-7-10-22(15-23)26(29)16-19-12-13-21(14-19)24(26)17-27(2)3/h4-11,15,18-19,21,24,29H,12-14,16-17H2,1-3H3/t18?,19-,21+,24+,26-/m0/s1. The van der Waals surface area contributed by atoms with Gasteiger partial charge in [0.1, 0.15) is 5.75 Å². The Morgan fingerprint density at radius 1 is 1.17 bits per heavy atom. The number of aliphatic hydroxyl groups is 1. The van der Waals surface area contributed by atoms with E-state index in [0.717, 1.165) is 24.1 Å². The first-order valence-electron chi connectivity index (χ1n) is 11.1. The van der Waals surface area contributed by atoms with Crippen LogP contribution in [0.25, 0.3) is 0 Å². The van der Waals surface area contributed by atoms with Gasteiger partial charge in [-0.15, -0.1) is 0 Å². The molecule has 5 atom stereocenters. The molecule has 0 aliphatic heterocycles. The van der Waals surface area contributed by atoms with Crippen LogP contribution in [0.4, 0.5) is 0 Å². The van der Waals surface area contributed by atoms with Gasteiger partial charge in [-0.05, 0) is 75.4 Å². The Kier molecular flexibility index (Phi) is 5.99. The number of hydrogen-bond donors (Lipinski definition) is 1. The van der Waals surface area contributed by atoms with E-state index < -0.39 is 5.60 Å². The monoisotopic (exact) mass is 407 g/mol. The Labute approximate surface area is 179 Å². The second kappa shape index (κ2) is 8.52. The lowest BCUT2D eigenvalue weighted by Crippen LogP contribution is -2.47. The zero-order valence-electron chi connectivity index (χ0n) is 18.3. The Morgan fingerprint density at radius 3 is 2.67 bits per heavy atom. The minimum absolute atomic E-state index is 0.195. The molecule has 160 valence electrons. The summed E-state index contributed by atoms with van der Waals surface area (Å²) in [5, 5.41) is 11.9. The van der Waals surface area contributed by atoms with E-state index in [1.807, 2.05) is 55.5 Å². The maximum Gasteiger partial charge on any atom is 0.318 e. The molecule has 0 radical (unpaired) electrons. The van der Waals surface area contributed by atoms with Crippen molar-refractivity contribution in [2.45, 2.75) is 44.1 Å². The van der Waals surface area contributed by atoms with Crippen molar-refractivity contribution < 1.29 is 14.6 Å². The number of fused-ring (bicyclic) bond motifs is 2. The SMILES string of the molecule is CC(C(=O)Oc1cccc([C@@]2(O)C[C@H]3CC[C@H](C3)[C@H]2CN(C)C)c1)c1ccccc1. The summed E-state index contributed by atoms with van der Waals surface area (Å²) in [7, 11) is 4.15. The van der Waals surface area contributed by atoms with Crippen LogP contribution in [0.3, 0.4) is 0 Å². The first-order valence-corrected chi connectivity index (χ1v) is 11.1. The van der Waals surface area contributed by atoms with E-state index in [1.54, 1.807) is 6.07 Å². The van der Waals surface area contributed by atoms with Gasteiger partial charge in [0.15, 0.2) is 0 Å². The van der Waals surface area contributed by atoms with Gasteiger partial charge in [0.2, 0.25) is 0 Å². The molecule has 2 aliphatic carbocycles. The first-order chi connectivity index (χ1) is 14.4. The zero-order chi connectivity index (χ0) is 21.3. The number of hydrogen-bond acceptors (Lipinski definition) is 4. The van der Waals surface area contributed by atoms with Crippen molar-refractivity contribution >= 4 is 5.97 Å². The highest BCUT2D eigenvalue weighted by Gasteiger charge is 2.51. The van der Waals surface area contributed by atoms with Crippen LogP contribution >= 0.6 is 0 Å². The van der Waals surface area contributed by atoms with E-state index in [-0.39, 0.29) is 17.8 Å². The number of carbonyl (C=O) groups is 1. The molecule has 30 heavy (non-hydrogen) atoms. The molecule has 0 spiro atoms. The van der Waals surface area contributed by atoms with Crippen molar-refractivity contribution in [3.8, 4) is 5.75 Å². The molecule has 1 N–H and O–H groups in total. The summed E-state index contributed by atoms with van der Waals surface area (Å²) in [5.41, 5.74) is 0.942. The lowest BCUT2D eigenvalue weighted by Gasteiger charge is -2.45. The molecule has 0 amide bonds. The molecular formula is C26H33NO3. The highest BCUT2D eigenvalue weighted by Crippen LogP contribution is 2.54. The molecule has 2 aromatic rings. The van der Waals surface area contributed by atoms with E-state index in [1.165, 1.54) is 19.3 Å². The predicted octanol–water partition coefficient (Wildman–Crippen LogP) is 4.58. The van der Waals surface area contributed by atoms with Crippen LogP contribution in [0.2, 0.25) is 0 Å². The average Bonchev–Trinajstić information content (AvgIpc) is 3.14. The summed E-state index contributed by atoms with van der Waals surface area (Å²) < 4.78 is 5.73. The summed E-state index contributed by atoms with van der Waals surface area (Å²) in [6, 6.07) is 17.2. The van der Waals surface area contributed by atoms with Crippen molar-refractivity contribution in [1.29, 1.82) is 0 Å². The summed E-state index contributed by atoms with van der Waals surface area (Å²) in [6.07, 6.45) is 4.43. The first kappa shape index (κ1) is 21.1. The van der Waals surface area contributed by atoms with Gasteiger partial charge in [0.25, 0.3) is 0 Å². The average molecular weight is 408 g/mol. The largest absolute Gasteiger partial charge is 0.426 e. The maximum atomic E-state index is 12.7. The lowest BCUT2D eigenvalue weighted by atomic mass is 9.66. The van der Waals surface area contributed by atoms with E-state index in [9.17, 15) is 9.90 Å². The summed E-state index contributed by atoms with van der Waals surface area (Å²) in [6.45, 7) is 2.73. The molecule has 0 saturated heterocycles. The van der Waals surface area contributed by atoms with Crippen LogP contribution in [0, 0.1) is 17.8 Å². The fourth-order valence-electron chi connectivity index (χ4n) is 5.58. The number of benzene rings is 2. The van der Waals surface area contributed by atoms with Gasteiger partial charge in [-0.25, -0.2) is 0 Å². The molecule has 0 heterocycles. The second-order valence-electron chi connectivity index (χ2n) is 9.52. The second-order valence-corrected chi connectivity index (χ2v) is 9.52. The van der Waals surface area contributed by atoms with Gasteiger partial charge in [0, 0.05) is 12.5 Å². The molecule has 1 unspecified atom stereocenters. The van der Waals surface area contributed by atoms with Crippen molar-refractivity contribution in [1.82, 2.24) is 4.90 Å². The number of nitrogens with zero attached hydrogens (tertiary/aromatic N) is 1. The zero-order valence-corrected chi connectivity index (χ0v) is 18.3. The Hall–Kier alpha value is -2.17. The number of esters is 1. The quantitative estimate of drug-likeness (QED) is 0.562.